The van der Waals surface area contributed by atoms with Crippen LogP contribution in [0.1, 0.15) is 42.5 Å². The maximum atomic E-state index is 6.32. The third-order valence-corrected chi connectivity index (χ3v) is 4.83. The molecule has 4 atom stereocenters. The smallest absolute Gasteiger partial charge is 0.231 e. The Labute approximate surface area is 117 Å². The zero-order chi connectivity index (χ0) is 13.5. The minimum atomic E-state index is 0.195. The molecular formula is C15H18N4O. The van der Waals surface area contributed by atoms with E-state index in [-0.39, 0.29) is 12.0 Å². The first-order valence-corrected chi connectivity index (χ1v) is 7.28. The number of nitrogens with zero attached hydrogens (tertiary/aromatic N) is 3. The maximum absolute atomic E-state index is 6.32. The molecule has 0 spiro atoms. The van der Waals surface area contributed by atoms with Crippen molar-refractivity contribution in [2.45, 2.75) is 37.6 Å². The molecule has 4 rings (SSSR count). The highest BCUT2D eigenvalue weighted by molar-refractivity contribution is 5.16. The summed E-state index contributed by atoms with van der Waals surface area (Å²) in [6.45, 7) is 0. The normalized spacial score (nSPS) is 31.9. The van der Waals surface area contributed by atoms with Gasteiger partial charge in [0.05, 0.1) is 5.92 Å². The van der Waals surface area contributed by atoms with Crippen LogP contribution in [0.25, 0.3) is 0 Å². The number of nitrogens with two attached hydrogens (primary N) is 1. The van der Waals surface area contributed by atoms with Crippen LogP contribution in [-0.4, -0.2) is 21.2 Å². The summed E-state index contributed by atoms with van der Waals surface area (Å²) in [5, 5.41) is 4.10. The molecule has 104 valence electrons. The second-order valence-electron chi connectivity index (χ2n) is 6.02. The zero-order valence-corrected chi connectivity index (χ0v) is 11.3. The van der Waals surface area contributed by atoms with E-state index >= 15 is 0 Å². The summed E-state index contributed by atoms with van der Waals surface area (Å²) >= 11 is 0. The van der Waals surface area contributed by atoms with E-state index in [1.54, 1.807) is 6.20 Å². The number of rotatable bonds is 3. The van der Waals surface area contributed by atoms with Gasteiger partial charge in [0, 0.05) is 24.9 Å². The molecular weight excluding hydrogens is 252 g/mol. The SMILES string of the molecule is NC1C2CCC(C2)C1c1nc(Cc2cccnc2)no1. The minimum Gasteiger partial charge on any atom is -0.339 e. The van der Waals surface area contributed by atoms with Gasteiger partial charge in [0.1, 0.15) is 0 Å². The lowest BCUT2D eigenvalue weighted by Gasteiger charge is -2.24. The molecule has 2 heterocycles. The second-order valence-corrected chi connectivity index (χ2v) is 6.02. The Bertz CT molecular complexity index is 595. The van der Waals surface area contributed by atoms with Crippen LogP contribution >= 0.6 is 0 Å². The molecule has 0 aliphatic heterocycles. The van der Waals surface area contributed by atoms with E-state index in [0.29, 0.717) is 18.3 Å². The fourth-order valence-electron chi connectivity index (χ4n) is 3.86. The molecule has 5 nitrogen and oxygen atoms in total. The molecule has 2 bridgehead atoms. The van der Waals surface area contributed by atoms with Crippen molar-refractivity contribution in [3.8, 4) is 0 Å². The third-order valence-electron chi connectivity index (χ3n) is 4.83. The lowest BCUT2D eigenvalue weighted by molar-refractivity contribution is 0.278. The highest BCUT2D eigenvalue weighted by Gasteiger charge is 2.48. The van der Waals surface area contributed by atoms with E-state index in [4.69, 9.17) is 10.3 Å². The average molecular weight is 270 g/mol. The summed E-state index contributed by atoms with van der Waals surface area (Å²) < 4.78 is 5.48. The van der Waals surface area contributed by atoms with E-state index in [1.807, 2.05) is 18.3 Å². The van der Waals surface area contributed by atoms with Crippen LogP contribution in [0.5, 0.6) is 0 Å². The molecule has 2 N–H and O–H groups in total. The number of fused-ring (bicyclic) bond motifs is 2. The molecule has 4 unspecified atom stereocenters. The van der Waals surface area contributed by atoms with Gasteiger partial charge in [-0.25, -0.2) is 0 Å². The van der Waals surface area contributed by atoms with Gasteiger partial charge in [-0.3, -0.25) is 4.98 Å². The van der Waals surface area contributed by atoms with Gasteiger partial charge >= 0.3 is 0 Å². The molecule has 5 heteroatoms. The van der Waals surface area contributed by atoms with E-state index in [2.05, 4.69) is 15.1 Å². The van der Waals surface area contributed by atoms with Crippen LogP contribution in [0.2, 0.25) is 0 Å². The molecule has 2 aromatic rings. The van der Waals surface area contributed by atoms with Crippen LogP contribution < -0.4 is 5.73 Å². The average Bonchev–Trinajstić information content (AvgIpc) is 3.16. The fourth-order valence-corrected chi connectivity index (χ4v) is 3.86. The van der Waals surface area contributed by atoms with Gasteiger partial charge in [0.25, 0.3) is 0 Å². The Morgan fingerprint density at radius 3 is 2.95 bits per heavy atom. The Kier molecular flexibility index (Phi) is 2.80. The summed E-state index contributed by atoms with van der Waals surface area (Å²) in [6, 6.07) is 4.13. The van der Waals surface area contributed by atoms with Crippen LogP contribution in [0.3, 0.4) is 0 Å². The third kappa shape index (κ3) is 1.93. The largest absolute Gasteiger partial charge is 0.339 e. The quantitative estimate of drug-likeness (QED) is 0.921. The van der Waals surface area contributed by atoms with Crippen LogP contribution in [-0.2, 0) is 6.42 Å². The van der Waals surface area contributed by atoms with Crippen LogP contribution in [0, 0.1) is 11.8 Å². The van der Waals surface area contributed by atoms with Crippen molar-refractivity contribution in [2.24, 2.45) is 17.6 Å². The van der Waals surface area contributed by atoms with Gasteiger partial charge in [-0.05, 0) is 42.7 Å². The summed E-state index contributed by atoms with van der Waals surface area (Å²) in [6.07, 6.45) is 8.00. The molecule has 2 fully saturated rings. The second kappa shape index (κ2) is 4.66. The summed E-state index contributed by atoms with van der Waals surface area (Å²) in [4.78, 5) is 8.67. The van der Waals surface area contributed by atoms with Crippen LogP contribution in [0.4, 0.5) is 0 Å². The number of hydrogen-bond acceptors (Lipinski definition) is 5. The fraction of sp³-hybridized carbons (Fsp3) is 0.533. The first-order chi connectivity index (χ1) is 9.81. The number of aromatic nitrogens is 3. The van der Waals surface area contributed by atoms with Crippen molar-refractivity contribution < 1.29 is 4.52 Å². The van der Waals surface area contributed by atoms with Crippen molar-refractivity contribution >= 4 is 0 Å². The molecule has 20 heavy (non-hydrogen) atoms. The van der Waals surface area contributed by atoms with Gasteiger partial charge in [-0.1, -0.05) is 11.2 Å². The molecule has 2 aliphatic rings. The standard InChI is InChI=1S/C15H18N4O/c16-14-11-4-3-10(7-11)13(14)15-18-12(19-20-15)6-9-2-1-5-17-8-9/h1-2,5,8,10-11,13-14H,3-4,6-7,16H2. The van der Waals surface area contributed by atoms with Crippen LogP contribution in [0.15, 0.2) is 29.0 Å². The van der Waals surface area contributed by atoms with Gasteiger partial charge in [0.15, 0.2) is 5.82 Å². The molecule has 0 saturated heterocycles. The highest BCUT2D eigenvalue weighted by Crippen LogP contribution is 2.51. The summed E-state index contributed by atoms with van der Waals surface area (Å²) in [5.74, 6) is 3.02. The molecule has 2 aliphatic carbocycles. The van der Waals surface area contributed by atoms with Crippen molar-refractivity contribution in [1.29, 1.82) is 0 Å². The first kappa shape index (κ1) is 12.0. The summed E-state index contributed by atoms with van der Waals surface area (Å²) in [5.41, 5.74) is 7.41. The van der Waals surface area contributed by atoms with Crippen molar-refractivity contribution in [1.82, 2.24) is 15.1 Å². The van der Waals surface area contributed by atoms with E-state index in [0.717, 1.165) is 17.3 Å². The van der Waals surface area contributed by atoms with Crippen molar-refractivity contribution in [3.05, 3.63) is 41.8 Å². The van der Waals surface area contributed by atoms with Gasteiger partial charge in [-0.15, -0.1) is 0 Å². The summed E-state index contributed by atoms with van der Waals surface area (Å²) in [7, 11) is 0. The molecule has 0 radical (unpaired) electrons. The Balaban J connectivity index is 1.54. The predicted molar refractivity (Wildman–Crippen MR) is 72.9 cm³/mol. The molecule has 2 aromatic heterocycles. The first-order valence-electron chi connectivity index (χ1n) is 7.28. The zero-order valence-electron chi connectivity index (χ0n) is 11.3. The number of pyridine rings is 1. The van der Waals surface area contributed by atoms with Crippen molar-refractivity contribution in [3.63, 3.8) is 0 Å². The number of hydrogen-bond donors (Lipinski definition) is 1. The Hall–Kier alpha value is -1.75. The van der Waals surface area contributed by atoms with Gasteiger partial charge in [-0.2, -0.15) is 4.98 Å². The van der Waals surface area contributed by atoms with E-state index in [9.17, 15) is 0 Å². The molecule has 0 amide bonds. The lowest BCUT2D eigenvalue weighted by atomic mass is 9.85. The van der Waals surface area contributed by atoms with Gasteiger partial charge in [0.2, 0.25) is 5.89 Å². The topological polar surface area (TPSA) is 77.8 Å². The van der Waals surface area contributed by atoms with E-state index < -0.39 is 0 Å². The Morgan fingerprint density at radius 1 is 1.30 bits per heavy atom. The van der Waals surface area contributed by atoms with Gasteiger partial charge < -0.3 is 10.3 Å². The lowest BCUT2D eigenvalue weighted by Crippen LogP contribution is -2.34. The maximum Gasteiger partial charge on any atom is 0.231 e. The van der Waals surface area contributed by atoms with E-state index in [1.165, 1.54) is 19.3 Å². The Morgan fingerprint density at radius 2 is 2.20 bits per heavy atom. The molecule has 0 aromatic carbocycles. The molecule has 2 saturated carbocycles. The predicted octanol–water partition coefficient (Wildman–Crippen LogP) is 1.90. The highest BCUT2D eigenvalue weighted by atomic mass is 16.5. The minimum absolute atomic E-state index is 0.195. The monoisotopic (exact) mass is 270 g/mol. The van der Waals surface area contributed by atoms with Crippen molar-refractivity contribution in [2.75, 3.05) is 0 Å².